The molecular formula is C12H22N2O2. The first kappa shape index (κ1) is 14.8. The summed E-state index contributed by atoms with van der Waals surface area (Å²) in [4.78, 5) is 22.9. The predicted molar refractivity (Wildman–Crippen MR) is 65.2 cm³/mol. The molecule has 0 spiro atoms. The van der Waals surface area contributed by atoms with E-state index in [0.717, 1.165) is 0 Å². The van der Waals surface area contributed by atoms with Crippen LogP contribution in [-0.4, -0.2) is 17.9 Å². The molecule has 0 aliphatic rings. The highest BCUT2D eigenvalue weighted by Crippen LogP contribution is 2.15. The Hall–Kier alpha value is -1.19. The van der Waals surface area contributed by atoms with Crippen LogP contribution >= 0.6 is 0 Å². The molecule has 0 saturated heterocycles. The van der Waals surface area contributed by atoms with Crippen molar-refractivity contribution >= 4 is 17.9 Å². The smallest absolute Gasteiger partial charge is 0.245 e. The lowest BCUT2D eigenvalue weighted by Crippen LogP contribution is -2.31. The van der Waals surface area contributed by atoms with Crippen molar-refractivity contribution in [2.75, 3.05) is 0 Å². The number of nitrogens with one attached hydrogen (secondary N) is 1. The van der Waals surface area contributed by atoms with E-state index in [4.69, 9.17) is 0 Å². The van der Waals surface area contributed by atoms with Crippen LogP contribution in [0.1, 0.15) is 48.0 Å². The van der Waals surface area contributed by atoms with Crippen molar-refractivity contribution in [1.82, 2.24) is 5.43 Å². The van der Waals surface area contributed by atoms with Gasteiger partial charge < -0.3 is 0 Å². The molecule has 16 heavy (non-hydrogen) atoms. The Labute approximate surface area is 97.5 Å². The Morgan fingerprint density at radius 3 is 1.94 bits per heavy atom. The zero-order valence-corrected chi connectivity index (χ0v) is 11.0. The van der Waals surface area contributed by atoms with Crippen LogP contribution in [0.25, 0.3) is 0 Å². The van der Waals surface area contributed by atoms with Crippen molar-refractivity contribution < 1.29 is 9.59 Å². The third-order valence-corrected chi connectivity index (χ3v) is 2.05. The molecule has 1 amide bonds. The van der Waals surface area contributed by atoms with Gasteiger partial charge in [0.2, 0.25) is 5.91 Å². The molecule has 0 bridgehead atoms. The lowest BCUT2D eigenvalue weighted by molar-refractivity contribution is -0.128. The fourth-order valence-electron chi connectivity index (χ4n) is 0.707. The summed E-state index contributed by atoms with van der Waals surface area (Å²) >= 11 is 0. The van der Waals surface area contributed by atoms with Crippen molar-refractivity contribution in [3.63, 3.8) is 0 Å². The molecule has 0 aromatic heterocycles. The Kier molecular flexibility index (Phi) is 4.84. The van der Waals surface area contributed by atoms with E-state index in [1.807, 2.05) is 20.8 Å². The lowest BCUT2D eigenvalue weighted by atomic mass is 9.89. The van der Waals surface area contributed by atoms with E-state index in [-0.39, 0.29) is 23.5 Å². The highest BCUT2D eigenvalue weighted by molar-refractivity contribution is 5.95. The molecule has 1 N–H and O–H groups in total. The van der Waals surface area contributed by atoms with Gasteiger partial charge in [0.1, 0.15) is 5.78 Å². The third kappa shape index (κ3) is 5.63. The van der Waals surface area contributed by atoms with Gasteiger partial charge in [-0.2, -0.15) is 5.10 Å². The molecule has 4 heteroatoms. The van der Waals surface area contributed by atoms with Gasteiger partial charge in [0.05, 0.1) is 0 Å². The van der Waals surface area contributed by atoms with E-state index >= 15 is 0 Å². The van der Waals surface area contributed by atoms with E-state index < -0.39 is 5.41 Å². The standard InChI is InChI=1S/C12H22N2O2/c1-11(2,3)9(15)7-8-13-14-10(16)12(4,5)6/h8H,7H2,1-6H3,(H,14,16)/b13-8-. The van der Waals surface area contributed by atoms with Gasteiger partial charge in [-0.1, -0.05) is 41.5 Å². The zero-order chi connectivity index (χ0) is 13.0. The summed E-state index contributed by atoms with van der Waals surface area (Å²) < 4.78 is 0. The molecule has 0 unspecified atom stereocenters. The molecule has 92 valence electrons. The van der Waals surface area contributed by atoms with Crippen LogP contribution in [0.5, 0.6) is 0 Å². The van der Waals surface area contributed by atoms with Crippen molar-refractivity contribution in [1.29, 1.82) is 0 Å². The number of rotatable bonds is 3. The lowest BCUT2D eigenvalue weighted by Gasteiger charge is -2.15. The normalized spacial score (nSPS) is 12.9. The van der Waals surface area contributed by atoms with Gasteiger partial charge in [0, 0.05) is 23.5 Å². The SMILES string of the molecule is CC(C)(C)C(=O)C/C=N\NC(=O)C(C)(C)C. The van der Waals surface area contributed by atoms with Gasteiger partial charge in [-0.15, -0.1) is 0 Å². The number of amides is 1. The molecule has 0 atom stereocenters. The first-order chi connectivity index (χ1) is 7.05. The maximum Gasteiger partial charge on any atom is 0.245 e. The molecule has 4 nitrogen and oxygen atoms in total. The highest BCUT2D eigenvalue weighted by atomic mass is 16.2. The monoisotopic (exact) mass is 226 g/mol. The average molecular weight is 226 g/mol. The van der Waals surface area contributed by atoms with Crippen LogP contribution in [0.4, 0.5) is 0 Å². The maximum atomic E-state index is 11.5. The molecule has 0 rings (SSSR count). The second kappa shape index (κ2) is 5.23. The largest absolute Gasteiger partial charge is 0.299 e. The van der Waals surface area contributed by atoms with Crippen LogP contribution in [0.2, 0.25) is 0 Å². The van der Waals surface area contributed by atoms with Crippen LogP contribution in [0.15, 0.2) is 5.10 Å². The Morgan fingerprint density at radius 1 is 1.06 bits per heavy atom. The molecule has 0 heterocycles. The number of hydrogen-bond acceptors (Lipinski definition) is 3. The summed E-state index contributed by atoms with van der Waals surface area (Å²) in [5.41, 5.74) is 1.58. The first-order valence-corrected chi connectivity index (χ1v) is 5.40. The Bertz CT molecular complexity index is 263. The third-order valence-electron chi connectivity index (χ3n) is 2.05. The molecular weight excluding hydrogens is 204 g/mol. The zero-order valence-electron chi connectivity index (χ0n) is 11.0. The molecule has 0 fully saturated rings. The quantitative estimate of drug-likeness (QED) is 0.592. The Balaban J connectivity index is 4.07. The highest BCUT2D eigenvalue weighted by Gasteiger charge is 2.21. The summed E-state index contributed by atoms with van der Waals surface area (Å²) in [6.07, 6.45) is 1.69. The van der Waals surface area contributed by atoms with Gasteiger partial charge in [-0.05, 0) is 0 Å². The fraction of sp³-hybridized carbons (Fsp3) is 0.750. The number of ketones is 1. The minimum atomic E-state index is -0.467. The van der Waals surface area contributed by atoms with Crippen molar-refractivity contribution in [3.8, 4) is 0 Å². The van der Waals surface area contributed by atoms with Crippen LogP contribution in [0.3, 0.4) is 0 Å². The molecule has 0 saturated carbocycles. The van der Waals surface area contributed by atoms with E-state index in [1.165, 1.54) is 6.21 Å². The molecule has 0 radical (unpaired) electrons. The molecule has 0 aromatic carbocycles. The van der Waals surface area contributed by atoms with Gasteiger partial charge in [0.25, 0.3) is 0 Å². The van der Waals surface area contributed by atoms with Crippen LogP contribution in [-0.2, 0) is 9.59 Å². The van der Waals surface area contributed by atoms with E-state index in [1.54, 1.807) is 20.8 Å². The number of carbonyl (C=O) groups is 2. The fourth-order valence-corrected chi connectivity index (χ4v) is 0.707. The number of Topliss-reactive ketones (excluding diaryl/α,β-unsaturated/α-hetero) is 1. The summed E-state index contributed by atoms with van der Waals surface area (Å²) in [5.74, 6) is -0.0618. The molecule has 0 aliphatic heterocycles. The average Bonchev–Trinajstić information content (AvgIpc) is 2.08. The molecule has 0 aliphatic carbocycles. The minimum absolute atomic E-state index is 0.0984. The second-order valence-corrected chi connectivity index (χ2v) is 5.88. The van der Waals surface area contributed by atoms with Crippen molar-refractivity contribution in [2.45, 2.75) is 48.0 Å². The van der Waals surface area contributed by atoms with E-state index in [2.05, 4.69) is 10.5 Å². The van der Waals surface area contributed by atoms with Crippen molar-refractivity contribution in [2.24, 2.45) is 15.9 Å². The second-order valence-electron chi connectivity index (χ2n) is 5.88. The number of hydrazone groups is 1. The van der Waals surface area contributed by atoms with Crippen LogP contribution in [0, 0.1) is 10.8 Å². The molecule has 0 aromatic rings. The van der Waals surface area contributed by atoms with Gasteiger partial charge in [-0.25, -0.2) is 5.43 Å². The maximum absolute atomic E-state index is 11.5. The summed E-state index contributed by atoms with van der Waals surface area (Å²) in [7, 11) is 0. The predicted octanol–water partition coefficient (Wildman–Crippen LogP) is 2.14. The van der Waals surface area contributed by atoms with E-state index in [0.29, 0.717) is 0 Å². The first-order valence-electron chi connectivity index (χ1n) is 5.40. The summed E-state index contributed by atoms with van der Waals surface area (Å²) in [5, 5.41) is 3.75. The summed E-state index contributed by atoms with van der Waals surface area (Å²) in [6, 6.07) is 0. The van der Waals surface area contributed by atoms with Gasteiger partial charge in [-0.3, -0.25) is 9.59 Å². The van der Waals surface area contributed by atoms with Gasteiger partial charge in [0.15, 0.2) is 0 Å². The summed E-state index contributed by atoms with van der Waals surface area (Å²) in [6.45, 7) is 11.0. The van der Waals surface area contributed by atoms with Crippen LogP contribution < -0.4 is 5.43 Å². The number of carbonyl (C=O) groups excluding carboxylic acids is 2. The Morgan fingerprint density at radius 2 is 1.56 bits per heavy atom. The minimum Gasteiger partial charge on any atom is -0.299 e. The van der Waals surface area contributed by atoms with Crippen molar-refractivity contribution in [3.05, 3.63) is 0 Å². The van der Waals surface area contributed by atoms with Gasteiger partial charge >= 0.3 is 0 Å². The topological polar surface area (TPSA) is 58.5 Å². The van der Waals surface area contributed by atoms with E-state index in [9.17, 15) is 9.59 Å². The number of nitrogens with zero attached hydrogens (tertiary/aromatic N) is 1. The number of hydrogen-bond donors (Lipinski definition) is 1.